The van der Waals surface area contributed by atoms with Crippen molar-refractivity contribution in [1.82, 2.24) is 9.97 Å². The molecule has 0 aromatic carbocycles. The molecule has 1 rings (SSSR count). The first-order valence-corrected chi connectivity index (χ1v) is 5.44. The van der Waals surface area contributed by atoms with E-state index in [2.05, 4.69) is 23.8 Å². The zero-order valence-corrected chi connectivity index (χ0v) is 9.83. The standard InChI is InChI=1S/C9H13ClN2S/c1-5(2)13-9-6(3)8(10)11-7(4)12-9/h5H,1-4H3. The van der Waals surface area contributed by atoms with E-state index in [1.54, 1.807) is 11.8 Å². The molecule has 1 aromatic rings. The average Bonchev–Trinajstić information content (AvgIpc) is 1.98. The van der Waals surface area contributed by atoms with Crippen molar-refractivity contribution in [1.29, 1.82) is 0 Å². The van der Waals surface area contributed by atoms with Crippen molar-refractivity contribution >= 4 is 23.4 Å². The summed E-state index contributed by atoms with van der Waals surface area (Å²) in [4.78, 5) is 8.42. The number of nitrogens with zero attached hydrogens (tertiary/aromatic N) is 2. The van der Waals surface area contributed by atoms with Crippen molar-refractivity contribution in [3.8, 4) is 0 Å². The summed E-state index contributed by atoms with van der Waals surface area (Å²) in [7, 11) is 0. The maximum Gasteiger partial charge on any atom is 0.136 e. The lowest BCUT2D eigenvalue weighted by Gasteiger charge is -2.08. The third-order valence-electron chi connectivity index (χ3n) is 1.50. The number of rotatable bonds is 2. The van der Waals surface area contributed by atoms with E-state index in [1.807, 2.05) is 13.8 Å². The van der Waals surface area contributed by atoms with Crippen molar-refractivity contribution in [3.63, 3.8) is 0 Å². The fraction of sp³-hybridized carbons (Fsp3) is 0.556. The smallest absolute Gasteiger partial charge is 0.136 e. The van der Waals surface area contributed by atoms with Crippen LogP contribution in [0, 0.1) is 13.8 Å². The number of hydrogen-bond acceptors (Lipinski definition) is 3. The van der Waals surface area contributed by atoms with Crippen LogP contribution in [0.5, 0.6) is 0 Å². The van der Waals surface area contributed by atoms with Crippen LogP contribution >= 0.6 is 23.4 Å². The third kappa shape index (κ3) is 2.85. The quantitative estimate of drug-likeness (QED) is 0.561. The molecule has 0 bridgehead atoms. The molecular weight excluding hydrogens is 204 g/mol. The van der Waals surface area contributed by atoms with E-state index >= 15 is 0 Å². The fourth-order valence-electron chi connectivity index (χ4n) is 0.908. The van der Waals surface area contributed by atoms with Crippen molar-refractivity contribution in [2.45, 2.75) is 38.0 Å². The van der Waals surface area contributed by atoms with Gasteiger partial charge >= 0.3 is 0 Å². The number of aromatic nitrogens is 2. The Bertz CT molecular complexity index is 313. The molecule has 13 heavy (non-hydrogen) atoms. The molecule has 0 aliphatic rings. The molecule has 0 N–H and O–H groups in total. The van der Waals surface area contributed by atoms with Gasteiger partial charge in [0, 0.05) is 10.8 Å². The molecule has 0 spiro atoms. The molecule has 1 heterocycles. The third-order valence-corrected chi connectivity index (χ3v) is 2.96. The van der Waals surface area contributed by atoms with Gasteiger partial charge in [-0.25, -0.2) is 9.97 Å². The minimum Gasteiger partial charge on any atom is -0.227 e. The summed E-state index contributed by atoms with van der Waals surface area (Å²) in [5, 5.41) is 2.08. The number of aryl methyl sites for hydroxylation is 1. The molecule has 0 atom stereocenters. The van der Waals surface area contributed by atoms with Crippen LogP contribution in [0.2, 0.25) is 5.15 Å². The predicted molar refractivity (Wildman–Crippen MR) is 57.5 cm³/mol. The van der Waals surface area contributed by atoms with Crippen LogP contribution in [0.4, 0.5) is 0 Å². The van der Waals surface area contributed by atoms with E-state index in [9.17, 15) is 0 Å². The van der Waals surface area contributed by atoms with E-state index in [-0.39, 0.29) is 0 Å². The Morgan fingerprint density at radius 1 is 1.23 bits per heavy atom. The summed E-state index contributed by atoms with van der Waals surface area (Å²) < 4.78 is 0. The Kier molecular flexibility index (Phi) is 3.56. The monoisotopic (exact) mass is 216 g/mol. The van der Waals surface area contributed by atoms with Crippen LogP contribution in [-0.4, -0.2) is 15.2 Å². The largest absolute Gasteiger partial charge is 0.227 e. The molecular formula is C9H13ClN2S. The highest BCUT2D eigenvalue weighted by atomic mass is 35.5. The van der Waals surface area contributed by atoms with Crippen LogP contribution in [0.15, 0.2) is 5.03 Å². The Morgan fingerprint density at radius 3 is 2.38 bits per heavy atom. The number of hydrogen-bond donors (Lipinski definition) is 0. The lowest BCUT2D eigenvalue weighted by molar-refractivity contribution is 0.932. The lowest BCUT2D eigenvalue weighted by Crippen LogP contribution is -1.97. The molecule has 2 nitrogen and oxygen atoms in total. The van der Waals surface area contributed by atoms with Gasteiger partial charge in [0.1, 0.15) is 16.0 Å². The van der Waals surface area contributed by atoms with Crippen LogP contribution in [-0.2, 0) is 0 Å². The van der Waals surface area contributed by atoms with Gasteiger partial charge in [0.25, 0.3) is 0 Å². The molecule has 0 saturated heterocycles. The minimum atomic E-state index is 0.518. The average molecular weight is 217 g/mol. The highest BCUT2D eigenvalue weighted by molar-refractivity contribution is 7.99. The Hall–Kier alpha value is -0.280. The van der Waals surface area contributed by atoms with Crippen LogP contribution in [0.25, 0.3) is 0 Å². The summed E-state index contributed by atoms with van der Waals surface area (Å²) in [5.74, 6) is 0.735. The molecule has 0 unspecified atom stereocenters. The summed E-state index contributed by atoms with van der Waals surface area (Å²) in [5.41, 5.74) is 0.978. The van der Waals surface area contributed by atoms with Gasteiger partial charge in [-0.2, -0.15) is 0 Å². The van der Waals surface area contributed by atoms with Crippen LogP contribution in [0.1, 0.15) is 25.2 Å². The highest BCUT2D eigenvalue weighted by Gasteiger charge is 2.08. The van der Waals surface area contributed by atoms with Crippen LogP contribution in [0.3, 0.4) is 0 Å². The van der Waals surface area contributed by atoms with Crippen molar-refractivity contribution in [3.05, 3.63) is 16.5 Å². The Morgan fingerprint density at radius 2 is 1.85 bits per heavy atom. The van der Waals surface area contributed by atoms with Gasteiger partial charge < -0.3 is 0 Å². The molecule has 0 fully saturated rings. The van der Waals surface area contributed by atoms with Gasteiger partial charge in [0.15, 0.2) is 0 Å². The number of thioether (sulfide) groups is 1. The Labute approximate surface area is 88.1 Å². The maximum atomic E-state index is 5.94. The SMILES string of the molecule is Cc1nc(Cl)c(C)c(SC(C)C)n1. The van der Waals surface area contributed by atoms with Gasteiger partial charge in [-0.3, -0.25) is 0 Å². The second-order valence-electron chi connectivity index (χ2n) is 3.16. The van der Waals surface area contributed by atoms with Gasteiger partial charge in [0.05, 0.1) is 0 Å². The molecule has 4 heteroatoms. The maximum absolute atomic E-state index is 5.94. The predicted octanol–water partition coefficient (Wildman–Crippen LogP) is 3.25. The van der Waals surface area contributed by atoms with Gasteiger partial charge in [-0.05, 0) is 13.8 Å². The minimum absolute atomic E-state index is 0.518. The molecule has 1 aromatic heterocycles. The lowest BCUT2D eigenvalue weighted by atomic mass is 10.4. The molecule has 72 valence electrons. The highest BCUT2D eigenvalue weighted by Crippen LogP contribution is 2.27. The summed E-state index contributed by atoms with van der Waals surface area (Å²) in [6, 6.07) is 0. The Balaban J connectivity index is 3.05. The molecule has 0 aliphatic carbocycles. The summed E-state index contributed by atoms with van der Waals surface area (Å²) in [6.07, 6.45) is 0. The molecule has 0 aliphatic heterocycles. The van der Waals surface area contributed by atoms with Crippen molar-refractivity contribution in [2.75, 3.05) is 0 Å². The van der Waals surface area contributed by atoms with E-state index in [0.29, 0.717) is 10.4 Å². The summed E-state index contributed by atoms with van der Waals surface area (Å²) in [6.45, 7) is 8.08. The second kappa shape index (κ2) is 4.29. The van der Waals surface area contributed by atoms with Gasteiger partial charge in [0.2, 0.25) is 0 Å². The second-order valence-corrected chi connectivity index (χ2v) is 5.08. The van der Waals surface area contributed by atoms with Crippen molar-refractivity contribution in [2.24, 2.45) is 0 Å². The zero-order valence-electron chi connectivity index (χ0n) is 8.26. The van der Waals surface area contributed by atoms with E-state index in [4.69, 9.17) is 11.6 Å². The van der Waals surface area contributed by atoms with E-state index < -0.39 is 0 Å². The molecule has 0 amide bonds. The molecule has 0 radical (unpaired) electrons. The number of halogens is 1. The normalized spacial score (nSPS) is 10.9. The zero-order chi connectivity index (χ0) is 10.0. The van der Waals surface area contributed by atoms with Gasteiger partial charge in [-0.15, -0.1) is 11.8 Å². The van der Waals surface area contributed by atoms with Crippen LogP contribution < -0.4 is 0 Å². The van der Waals surface area contributed by atoms with E-state index in [1.165, 1.54) is 0 Å². The molecule has 0 saturated carbocycles. The topological polar surface area (TPSA) is 25.8 Å². The summed E-state index contributed by atoms with van der Waals surface area (Å²) >= 11 is 7.66. The van der Waals surface area contributed by atoms with Gasteiger partial charge in [-0.1, -0.05) is 25.4 Å². The van der Waals surface area contributed by atoms with E-state index in [0.717, 1.165) is 16.4 Å². The first-order chi connectivity index (χ1) is 6.00. The van der Waals surface area contributed by atoms with Crippen molar-refractivity contribution < 1.29 is 0 Å². The first kappa shape index (κ1) is 10.8. The fourth-order valence-corrected chi connectivity index (χ4v) is 2.08. The first-order valence-electron chi connectivity index (χ1n) is 4.18.